The van der Waals surface area contributed by atoms with Crippen molar-refractivity contribution in [3.05, 3.63) is 54.4 Å². The number of benzene rings is 1. The standard InChI is InChI=1S/C15H21N3O/c1-13(8-11-18-10-5-9-17-18)16-12-15(19)14-6-3-2-4-7-14/h2-7,9-10,13,15-16,19H,8,11-12H2,1H3. The summed E-state index contributed by atoms with van der Waals surface area (Å²) in [5.74, 6) is 0. The third-order valence-corrected chi connectivity index (χ3v) is 3.19. The van der Waals surface area contributed by atoms with Crippen molar-refractivity contribution in [1.29, 1.82) is 0 Å². The van der Waals surface area contributed by atoms with Crippen molar-refractivity contribution in [3.8, 4) is 0 Å². The second-order valence-electron chi connectivity index (χ2n) is 4.79. The predicted molar refractivity (Wildman–Crippen MR) is 75.7 cm³/mol. The molecule has 0 aliphatic rings. The third kappa shape index (κ3) is 4.50. The van der Waals surface area contributed by atoms with Gasteiger partial charge in [0.15, 0.2) is 0 Å². The van der Waals surface area contributed by atoms with Gasteiger partial charge in [-0.1, -0.05) is 30.3 Å². The smallest absolute Gasteiger partial charge is 0.0914 e. The molecule has 19 heavy (non-hydrogen) atoms. The van der Waals surface area contributed by atoms with Crippen LogP contribution in [0.1, 0.15) is 25.0 Å². The van der Waals surface area contributed by atoms with E-state index < -0.39 is 6.10 Å². The van der Waals surface area contributed by atoms with Gasteiger partial charge in [-0.05, 0) is 25.0 Å². The Labute approximate surface area is 114 Å². The van der Waals surface area contributed by atoms with E-state index in [2.05, 4.69) is 17.3 Å². The average molecular weight is 259 g/mol. The van der Waals surface area contributed by atoms with Crippen LogP contribution in [-0.4, -0.2) is 27.5 Å². The maximum Gasteiger partial charge on any atom is 0.0914 e. The fourth-order valence-corrected chi connectivity index (χ4v) is 1.97. The molecule has 1 aromatic carbocycles. The van der Waals surface area contributed by atoms with Gasteiger partial charge in [-0.3, -0.25) is 4.68 Å². The highest BCUT2D eigenvalue weighted by molar-refractivity contribution is 5.17. The van der Waals surface area contributed by atoms with Crippen molar-refractivity contribution in [2.75, 3.05) is 6.54 Å². The maximum absolute atomic E-state index is 10.0. The minimum absolute atomic E-state index is 0.350. The molecule has 2 unspecified atom stereocenters. The first-order valence-corrected chi connectivity index (χ1v) is 6.69. The fourth-order valence-electron chi connectivity index (χ4n) is 1.97. The Morgan fingerprint density at radius 1 is 1.26 bits per heavy atom. The van der Waals surface area contributed by atoms with Crippen LogP contribution in [0.15, 0.2) is 48.8 Å². The monoisotopic (exact) mass is 259 g/mol. The summed E-state index contributed by atoms with van der Waals surface area (Å²) in [7, 11) is 0. The minimum Gasteiger partial charge on any atom is -0.387 e. The molecule has 0 spiro atoms. The van der Waals surface area contributed by atoms with Crippen LogP contribution in [0, 0.1) is 0 Å². The van der Waals surface area contributed by atoms with E-state index in [0.29, 0.717) is 12.6 Å². The summed E-state index contributed by atoms with van der Waals surface area (Å²) >= 11 is 0. The van der Waals surface area contributed by atoms with Crippen LogP contribution in [0.25, 0.3) is 0 Å². The van der Waals surface area contributed by atoms with E-state index in [0.717, 1.165) is 18.5 Å². The van der Waals surface area contributed by atoms with E-state index in [1.54, 1.807) is 6.20 Å². The van der Waals surface area contributed by atoms with E-state index in [4.69, 9.17) is 0 Å². The zero-order valence-corrected chi connectivity index (χ0v) is 11.2. The normalized spacial score (nSPS) is 14.2. The Morgan fingerprint density at radius 3 is 2.74 bits per heavy atom. The number of aliphatic hydroxyl groups is 1. The zero-order valence-electron chi connectivity index (χ0n) is 11.2. The van der Waals surface area contributed by atoms with Crippen molar-refractivity contribution < 1.29 is 5.11 Å². The lowest BCUT2D eigenvalue weighted by molar-refractivity contribution is 0.169. The van der Waals surface area contributed by atoms with Gasteiger partial charge in [0.05, 0.1) is 6.10 Å². The van der Waals surface area contributed by atoms with Crippen LogP contribution in [0.3, 0.4) is 0 Å². The number of aliphatic hydroxyl groups excluding tert-OH is 1. The van der Waals surface area contributed by atoms with Gasteiger partial charge in [0.1, 0.15) is 0 Å². The molecule has 4 heteroatoms. The first-order valence-electron chi connectivity index (χ1n) is 6.69. The van der Waals surface area contributed by atoms with Crippen LogP contribution in [-0.2, 0) is 6.54 Å². The van der Waals surface area contributed by atoms with Gasteiger partial charge in [0.2, 0.25) is 0 Å². The van der Waals surface area contributed by atoms with Crippen molar-refractivity contribution in [2.45, 2.75) is 32.0 Å². The van der Waals surface area contributed by atoms with Crippen molar-refractivity contribution in [3.63, 3.8) is 0 Å². The predicted octanol–water partition coefficient (Wildman–Crippen LogP) is 1.98. The minimum atomic E-state index is -0.451. The molecular weight excluding hydrogens is 238 g/mol. The summed E-state index contributed by atoms with van der Waals surface area (Å²) in [5.41, 5.74) is 0.953. The summed E-state index contributed by atoms with van der Waals surface area (Å²) in [6.07, 6.45) is 4.29. The highest BCUT2D eigenvalue weighted by Crippen LogP contribution is 2.11. The molecule has 0 aliphatic heterocycles. The van der Waals surface area contributed by atoms with Gasteiger partial charge < -0.3 is 10.4 Å². The number of hydrogen-bond acceptors (Lipinski definition) is 3. The highest BCUT2D eigenvalue weighted by atomic mass is 16.3. The van der Waals surface area contributed by atoms with Crippen molar-refractivity contribution >= 4 is 0 Å². The summed E-state index contributed by atoms with van der Waals surface area (Å²) < 4.78 is 1.92. The van der Waals surface area contributed by atoms with E-state index in [-0.39, 0.29) is 0 Å². The van der Waals surface area contributed by atoms with Gasteiger partial charge in [0, 0.05) is 31.5 Å². The van der Waals surface area contributed by atoms with Gasteiger partial charge in [-0.2, -0.15) is 5.10 Å². The van der Waals surface area contributed by atoms with E-state index >= 15 is 0 Å². The molecule has 0 saturated carbocycles. The first-order chi connectivity index (χ1) is 9.25. The van der Waals surface area contributed by atoms with Gasteiger partial charge >= 0.3 is 0 Å². The first kappa shape index (κ1) is 13.8. The molecule has 1 heterocycles. The van der Waals surface area contributed by atoms with Gasteiger partial charge in [-0.25, -0.2) is 0 Å². The molecular formula is C15H21N3O. The Kier molecular flexibility index (Phi) is 5.12. The quantitative estimate of drug-likeness (QED) is 0.799. The number of nitrogens with one attached hydrogen (secondary N) is 1. The molecule has 0 aliphatic carbocycles. The van der Waals surface area contributed by atoms with Crippen LogP contribution in [0.2, 0.25) is 0 Å². The van der Waals surface area contributed by atoms with Crippen LogP contribution in [0.4, 0.5) is 0 Å². The number of aromatic nitrogens is 2. The van der Waals surface area contributed by atoms with E-state index in [9.17, 15) is 5.11 Å². The summed E-state index contributed by atoms with van der Waals surface area (Å²) in [6, 6.07) is 12.0. The zero-order chi connectivity index (χ0) is 13.5. The summed E-state index contributed by atoms with van der Waals surface area (Å²) in [6.45, 7) is 3.59. The maximum atomic E-state index is 10.0. The molecule has 0 saturated heterocycles. The van der Waals surface area contributed by atoms with Crippen LogP contribution >= 0.6 is 0 Å². The second-order valence-corrected chi connectivity index (χ2v) is 4.79. The molecule has 2 rings (SSSR count). The summed E-state index contributed by atoms with van der Waals surface area (Å²) in [5, 5.41) is 17.6. The molecule has 2 atom stereocenters. The van der Waals surface area contributed by atoms with Gasteiger partial charge in [0.25, 0.3) is 0 Å². The number of rotatable bonds is 7. The van der Waals surface area contributed by atoms with Crippen molar-refractivity contribution in [2.24, 2.45) is 0 Å². The lowest BCUT2D eigenvalue weighted by Crippen LogP contribution is -2.31. The second kappa shape index (κ2) is 7.07. The molecule has 0 bridgehead atoms. The molecule has 1 aromatic heterocycles. The number of nitrogens with zero attached hydrogens (tertiary/aromatic N) is 2. The fraction of sp³-hybridized carbons (Fsp3) is 0.400. The molecule has 4 nitrogen and oxygen atoms in total. The lowest BCUT2D eigenvalue weighted by atomic mass is 10.1. The Balaban J connectivity index is 1.70. The molecule has 102 valence electrons. The molecule has 2 aromatic rings. The van der Waals surface area contributed by atoms with Crippen LogP contribution in [0.5, 0.6) is 0 Å². The average Bonchev–Trinajstić information content (AvgIpc) is 2.96. The van der Waals surface area contributed by atoms with Gasteiger partial charge in [-0.15, -0.1) is 0 Å². The van der Waals surface area contributed by atoms with E-state index in [1.165, 1.54) is 0 Å². The largest absolute Gasteiger partial charge is 0.387 e. The Bertz CT molecular complexity index is 456. The third-order valence-electron chi connectivity index (χ3n) is 3.19. The number of aryl methyl sites for hydroxylation is 1. The summed E-state index contributed by atoms with van der Waals surface area (Å²) in [4.78, 5) is 0. The van der Waals surface area contributed by atoms with Crippen LogP contribution < -0.4 is 5.32 Å². The molecule has 0 radical (unpaired) electrons. The van der Waals surface area contributed by atoms with E-state index in [1.807, 2.05) is 47.3 Å². The Hall–Kier alpha value is -1.65. The molecule has 0 amide bonds. The Morgan fingerprint density at radius 2 is 2.05 bits per heavy atom. The highest BCUT2D eigenvalue weighted by Gasteiger charge is 2.08. The lowest BCUT2D eigenvalue weighted by Gasteiger charge is -2.17. The molecule has 0 fully saturated rings. The number of hydrogen-bond donors (Lipinski definition) is 2. The van der Waals surface area contributed by atoms with Crippen molar-refractivity contribution in [1.82, 2.24) is 15.1 Å². The molecule has 2 N–H and O–H groups in total. The topological polar surface area (TPSA) is 50.1 Å². The SMILES string of the molecule is CC(CCn1cccn1)NCC(O)c1ccccc1.